The Morgan fingerprint density at radius 1 is 1.46 bits per heavy atom. The number of nitrogens with one attached hydrogen (secondary N) is 2. The van der Waals surface area contributed by atoms with Crippen molar-refractivity contribution in [3.05, 3.63) is 23.4 Å². The number of aromatic nitrogens is 1. The van der Waals surface area contributed by atoms with Gasteiger partial charge in [-0.25, -0.2) is 4.98 Å². The summed E-state index contributed by atoms with van der Waals surface area (Å²) < 4.78 is 0. The highest BCUT2D eigenvalue weighted by Crippen LogP contribution is 2.35. The molecule has 0 amide bonds. The summed E-state index contributed by atoms with van der Waals surface area (Å²) in [6.07, 6.45) is 6.79. The second kappa shape index (κ2) is 8.44. The maximum atomic E-state index is 10.4. The van der Waals surface area contributed by atoms with Crippen LogP contribution in [0.4, 0.5) is 5.82 Å². The fraction of sp³-hybridized carbons (Fsp3) is 0.684. The van der Waals surface area contributed by atoms with Crippen molar-refractivity contribution in [3.63, 3.8) is 0 Å². The molecule has 0 spiro atoms. The van der Waals surface area contributed by atoms with Crippen molar-refractivity contribution in [1.82, 2.24) is 15.6 Å². The zero-order valence-electron chi connectivity index (χ0n) is 15.7. The summed E-state index contributed by atoms with van der Waals surface area (Å²) >= 11 is 6.27. The maximum absolute atomic E-state index is 10.4. The first kappa shape index (κ1) is 19.2. The Hall–Kier alpha value is -1.53. The van der Waals surface area contributed by atoms with Crippen LogP contribution in [0.25, 0.3) is 0 Å². The molecule has 3 atom stereocenters. The first-order valence-corrected chi connectivity index (χ1v) is 9.90. The molecule has 3 N–H and O–H groups in total. The average Bonchev–Trinajstić information content (AvgIpc) is 3.10. The molecule has 0 bridgehead atoms. The lowest BCUT2D eigenvalue weighted by Gasteiger charge is -2.39. The molecule has 1 aliphatic carbocycles. The number of halogens is 1. The molecule has 0 aromatic carbocycles. The van der Waals surface area contributed by atoms with Gasteiger partial charge in [0.15, 0.2) is 5.96 Å². The van der Waals surface area contributed by atoms with Crippen LogP contribution in [0, 0.1) is 5.41 Å². The number of aliphatic hydroxyl groups excluding tert-OH is 1. The van der Waals surface area contributed by atoms with Gasteiger partial charge in [-0.3, -0.25) is 4.99 Å². The Labute approximate surface area is 161 Å². The third kappa shape index (κ3) is 4.41. The van der Waals surface area contributed by atoms with Crippen LogP contribution in [0.15, 0.2) is 23.3 Å². The van der Waals surface area contributed by atoms with Crippen molar-refractivity contribution in [2.24, 2.45) is 10.4 Å². The van der Waals surface area contributed by atoms with E-state index in [1.807, 2.05) is 12.1 Å². The van der Waals surface area contributed by atoms with Gasteiger partial charge in [0.25, 0.3) is 0 Å². The first-order chi connectivity index (χ1) is 12.5. The smallest absolute Gasteiger partial charge is 0.191 e. The van der Waals surface area contributed by atoms with Crippen LogP contribution >= 0.6 is 11.6 Å². The highest BCUT2D eigenvalue weighted by Gasteiger charge is 2.35. The van der Waals surface area contributed by atoms with E-state index in [4.69, 9.17) is 11.6 Å². The number of aliphatic imine (C=N–C) groups is 1. The molecule has 2 fully saturated rings. The summed E-state index contributed by atoms with van der Waals surface area (Å²) in [6.45, 7) is 4.66. The second-order valence-electron chi connectivity index (χ2n) is 7.73. The third-order valence-corrected chi connectivity index (χ3v) is 6.03. The van der Waals surface area contributed by atoms with E-state index < -0.39 is 0 Å². The fourth-order valence-corrected chi connectivity index (χ4v) is 4.18. The Bertz CT molecular complexity index is 640. The van der Waals surface area contributed by atoms with E-state index in [2.05, 4.69) is 32.4 Å². The minimum Gasteiger partial charge on any atom is -0.392 e. The van der Waals surface area contributed by atoms with Gasteiger partial charge in [-0.2, -0.15) is 0 Å². The van der Waals surface area contributed by atoms with E-state index in [-0.39, 0.29) is 11.5 Å². The molecule has 6 nitrogen and oxygen atoms in total. The number of rotatable bonds is 4. The summed E-state index contributed by atoms with van der Waals surface area (Å²) in [6, 6.07) is 4.02. The number of guanidine groups is 1. The van der Waals surface area contributed by atoms with Crippen LogP contribution < -0.4 is 15.5 Å². The zero-order valence-corrected chi connectivity index (χ0v) is 16.5. The summed E-state index contributed by atoms with van der Waals surface area (Å²) in [4.78, 5) is 11.0. The molecule has 0 radical (unpaired) electrons. The van der Waals surface area contributed by atoms with Crippen LogP contribution in [0.2, 0.25) is 5.02 Å². The van der Waals surface area contributed by atoms with Crippen LogP contribution in [0.1, 0.15) is 39.0 Å². The minimum absolute atomic E-state index is 0.0843. The molecule has 1 aromatic heterocycles. The predicted molar refractivity (Wildman–Crippen MR) is 107 cm³/mol. The number of pyridine rings is 1. The molecule has 1 aliphatic heterocycles. The SMILES string of the molecule is CN=C(NCC1(C)CCCCC1O)NC1CCN(c2ncccc2Cl)C1. The summed E-state index contributed by atoms with van der Waals surface area (Å²) in [5, 5.41) is 18.0. The average molecular weight is 380 g/mol. The highest BCUT2D eigenvalue weighted by molar-refractivity contribution is 6.32. The maximum Gasteiger partial charge on any atom is 0.191 e. The number of nitrogens with zero attached hydrogens (tertiary/aromatic N) is 3. The molecule has 2 heterocycles. The summed E-state index contributed by atoms with van der Waals surface area (Å²) in [7, 11) is 1.79. The number of aliphatic hydroxyl groups is 1. The van der Waals surface area contributed by atoms with Crippen LogP contribution in [0.5, 0.6) is 0 Å². The van der Waals surface area contributed by atoms with Gasteiger partial charge in [0, 0.05) is 44.3 Å². The van der Waals surface area contributed by atoms with E-state index >= 15 is 0 Å². The molecule has 3 rings (SSSR count). The van der Waals surface area contributed by atoms with Gasteiger partial charge in [-0.1, -0.05) is 31.4 Å². The molecule has 7 heteroatoms. The Balaban J connectivity index is 1.52. The molecule has 26 heavy (non-hydrogen) atoms. The summed E-state index contributed by atoms with van der Waals surface area (Å²) in [5.74, 6) is 1.64. The van der Waals surface area contributed by atoms with Crippen molar-refractivity contribution in [2.75, 3.05) is 31.6 Å². The van der Waals surface area contributed by atoms with Crippen molar-refractivity contribution >= 4 is 23.4 Å². The Kier molecular flexibility index (Phi) is 6.24. The van der Waals surface area contributed by atoms with Crippen LogP contribution in [-0.4, -0.2) is 54.9 Å². The van der Waals surface area contributed by atoms with Gasteiger partial charge in [0.05, 0.1) is 11.1 Å². The predicted octanol–water partition coefficient (Wildman–Crippen LogP) is 2.42. The minimum atomic E-state index is -0.241. The highest BCUT2D eigenvalue weighted by atomic mass is 35.5. The largest absolute Gasteiger partial charge is 0.392 e. The van der Waals surface area contributed by atoms with E-state index in [0.29, 0.717) is 11.1 Å². The van der Waals surface area contributed by atoms with Crippen molar-refractivity contribution in [2.45, 2.75) is 51.2 Å². The van der Waals surface area contributed by atoms with Gasteiger partial charge in [0.2, 0.25) is 0 Å². The Morgan fingerprint density at radius 2 is 2.31 bits per heavy atom. The fourth-order valence-electron chi connectivity index (χ4n) is 3.94. The second-order valence-corrected chi connectivity index (χ2v) is 8.13. The molecular formula is C19H30ClN5O. The molecule has 1 aromatic rings. The number of hydrogen-bond acceptors (Lipinski definition) is 4. The summed E-state index contributed by atoms with van der Waals surface area (Å²) in [5.41, 5.74) is -0.0843. The van der Waals surface area contributed by atoms with E-state index in [1.165, 1.54) is 6.42 Å². The van der Waals surface area contributed by atoms with Crippen LogP contribution in [0.3, 0.4) is 0 Å². The standard InChI is InChI=1S/C19H30ClN5O/c1-19(9-4-3-7-16(19)26)13-23-18(21-2)24-14-8-11-25(12-14)17-15(20)6-5-10-22-17/h5-6,10,14,16,26H,3-4,7-9,11-13H2,1-2H3,(H2,21,23,24). The van der Waals surface area contributed by atoms with Crippen molar-refractivity contribution in [3.8, 4) is 0 Å². The van der Waals surface area contributed by atoms with Gasteiger partial charge in [-0.05, 0) is 31.4 Å². The molecule has 144 valence electrons. The van der Waals surface area contributed by atoms with E-state index in [0.717, 1.165) is 57.1 Å². The van der Waals surface area contributed by atoms with E-state index in [9.17, 15) is 5.11 Å². The molecular weight excluding hydrogens is 350 g/mol. The topological polar surface area (TPSA) is 72.8 Å². The van der Waals surface area contributed by atoms with Crippen LogP contribution in [-0.2, 0) is 0 Å². The van der Waals surface area contributed by atoms with Crippen molar-refractivity contribution in [1.29, 1.82) is 0 Å². The van der Waals surface area contributed by atoms with Crippen molar-refractivity contribution < 1.29 is 5.11 Å². The number of hydrogen-bond donors (Lipinski definition) is 3. The zero-order chi connectivity index (χ0) is 18.6. The molecule has 1 saturated heterocycles. The lowest BCUT2D eigenvalue weighted by atomic mass is 9.73. The molecule has 3 unspecified atom stereocenters. The molecule has 1 saturated carbocycles. The van der Waals surface area contributed by atoms with Gasteiger partial charge in [-0.15, -0.1) is 0 Å². The number of anilines is 1. The lowest BCUT2D eigenvalue weighted by molar-refractivity contribution is 0.00396. The Morgan fingerprint density at radius 3 is 3.04 bits per heavy atom. The first-order valence-electron chi connectivity index (χ1n) is 9.52. The monoisotopic (exact) mass is 379 g/mol. The third-order valence-electron chi connectivity index (χ3n) is 5.73. The van der Waals surface area contributed by atoms with Gasteiger partial charge in [0.1, 0.15) is 5.82 Å². The van der Waals surface area contributed by atoms with E-state index in [1.54, 1.807) is 13.2 Å². The lowest BCUT2D eigenvalue weighted by Crippen LogP contribution is -2.50. The van der Waals surface area contributed by atoms with Gasteiger partial charge >= 0.3 is 0 Å². The van der Waals surface area contributed by atoms with Gasteiger partial charge < -0.3 is 20.6 Å². The normalized spacial score (nSPS) is 29.7. The quantitative estimate of drug-likeness (QED) is 0.553. The molecule has 2 aliphatic rings.